The molecule has 0 spiro atoms. The number of hydrogen-bond donors (Lipinski definition) is 3. The fourth-order valence-corrected chi connectivity index (χ4v) is 8.16. The molecule has 1 fully saturated rings. The van der Waals surface area contributed by atoms with Crippen LogP contribution in [0.5, 0.6) is 17.2 Å². The molecule has 2 aliphatic heterocycles. The molecule has 0 radical (unpaired) electrons. The summed E-state index contributed by atoms with van der Waals surface area (Å²) < 4.78 is 42.0. The summed E-state index contributed by atoms with van der Waals surface area (Å²) in [7, 11) is -3.84. The number of carboxylic acid groups (broad SMARTS) is 1. The summed E-state index contributed by atoms with van der Waals surface area (Å²) in [5.41, 5.74) is 3.87. The summed E-state index contributed by atoms with van der Waals surface area (Å²) >= 11 is 0. The van der Waals surface area contributed by atoms with Crippen molar-refractivity contribution in [1.29, 1.82) is 0 Å². The lowest BCUT2D eigenvalue weighted by Gasteiger charge is -2.31. The van der Waals surface area contributed by atoms with Crippen LogP contribution in [0, 0.1) is 0 Å². The normalized spacial score (nSPS) is 19.3. The SMILES string of the molecule is CCN(c1ccc(OCCCCCCCC(=O)O)cc1)S(=O)(=O)[C@H]1C[C@H]2O[C@@H]1C(c1ccc(O)cc1)=C2c1ccc(O)cc1. The highest BCUT2D eigenvalue weighted by atomic mass is 32.2. The van der Waals surface area contributed by atoms with Crippen LogP contribution in [0.15, 0.2) is 72.8 Å². The van der Waals surface area contributed by atoms with E-state index >= 15 is 0 Å². The van der Waals surface area contributed by atoms with E-state index in [0.29, 0.717) is 30.9 Å². The summed E-state index contributed by atoms with van der Waals surface area (Å²) in [6, 6.07) is 20.6. The number of hydrogen-bond acceptors (Lipinski definition) is 7. The van der Waals surface area contributed by atoms with Crippen molar-refractivity contribution in [2.75, 3.05) is 17.5 Å². The molecule has 5 rings (SSSR count). The Bertz CT molecular complexity index is 1570. The Kier molecular flexibility index (Phi) is 9.80. The molecule has 0 unspecified atom stereocenters. The molecule has 3 atom stereocenters. The van der Waals surface area contributed by atoms with E-state index in [1.165, 1.54) is 4.31 Å². The van der Waals surface area contributed by atoms with Crippen LogP contribution in [-0.4, -0.2) is 60.3 Å². The van der Waals surface area contributed by atoms with Crippen molar-refractivity contribution in [3.05, 3.63) is 83.9 Å². The topological polar surface area (TPSA) is 134 Å². The van der Waals surface area contributed by atoms with E-state index in [2.05, 4.69) is 0 Å². The summed E-state index contributed by atoms with van der Waals surface area (Å²) in [5.74, 6) is 0.161. The van der Waals surface area contributed by atoms with Gasteiger partial charge in [-0.2, -0.15) is 0 Å². The van der Waals surface area contributed by atoms with Gasteiger partial charge in [-0.05, 0) is 97.0 Å². The number of sulfonamides is 1. The van der Waals surface area contributed by atoms with Crippen molar-refractivity contribution in [3.8, 4) is 17.2 Å². The molecule has 9 nitrogen and oxygen atoms in total. The number of rotatable bonds is 15. The van der Waals surface area contributed by atoms with Crippen LogP contribution in [0.3, 0.4) is 0 Å². The summed E-state index contributed by atoms with van der Waals surface area (Å²) in [4.78, 5) is 10.6. The number of aromatic hydroxyl groups is 2. The molecular formula is C34H39NO8S. The second kappa shape index (κ2) is 13.7. The monoisotopic (exact) mass is 621 g/mol. The van der Waals surface area contributed by atoms with Gasteiger partial charge in [0.15, 0.2) is 0 Å². The minimum atomic E-state index is -3.84. The van der Waals surface area contributed by atoms with Gasteiger partial charge in [-0.1, -0.05) is 43.5 Å². The van der Waals surface area contributed by atoms with E-state index in [1.54, 1.807) is 60.7 Å². The quantitative estimate of drug-likeness (QED) is 0.171. The first-order chi connectivity index (χ1) is 21.2. The van der Waals surface area contributed by atoms with Crippen LogP contribution in [-0.2, 0) is 19.6 Å². The van der Waals surface area contributed by atoms with Crippen LogP contribution >= 0.6 is 0 Å². The van der Waals surface area contributed by atoms with Gasteiger partial charge in [0.1, 0.15) is 28.6 Å². The summed E-state index contributed by atoms with van der Waals surface area (Å²) in [6.45, 7) is 2.60. The minimum absolute atomic E-state index is 0.117. The van der Waals surface area contributed by atoms with Gasteiger partial charge < -0.3 is 24.8 Å². The molecule has 2 bridgehead atoms. The zero-order chi connectivity index (χ0) is 31.3. The fraction of sp³-hybridized carbons (Fsp3) is 0.382. The maximum atomic E-state index is 14.2. The summed E-state index contributed by atoms with van der Waals surface area (Å²) in [5, 5.41) is 27.6. The predicted molar refractivity (Wildman–Crippen MR) is 169 cm³/mol. The number of anilines is 1. The molecule has 0 aliphatic carbocycles. The lowest BCUT2D eigenvalue weighted by atomic mass is 9.83. The van der Waals surface area contributed by atoms with Crippen LogP contribution in [0.1, 0.15) is 63.0 Å². The molecule has 3 aromatic rings. The van der Waals surface area contributed by atoms with Gasteiger partial charge in [-0.15, -0.1) is 0 Å². The van der Waals surface area contributed by atoms with E-state index in [0.717, 1.165) is 48.0 Å². The zero-order valence-corrected chi connectivity index (χ0v) is 25.6. The highest BCUT2D eigenvalue weighted by Gasteiger charge is 2.54. The van der Waals surface area contributed by atoms with E-state index < -0.39 is 33.5 Å². The van der Waals surface area contributed by atoms with Gasteiger partial charge in [-0.3, -0.25) is 9.10 Å². The number of phenols is 2. The second-order valence-corrected chi connectivity index (χ2v) is 13.3. The first kappa shape index (κ1) is 31.4. The van der Waals surface area contributed by atoms with E-state index in [4.69, 9.17) is 14.6 Å². The third-order valence-corrected chi connectivity index (χ3v) is 10.5. The first-order valence-corrected chi connectivity index (χ1v) is 16.6. The molecule has 10 heteroatoms. The van der Waals surface area contributed by atoms with Gasteiger partial charge in [0, 0.05) is 13.0 Å². The second-order valence-electron chi connectivity index (χ2n) is 11.2. The van der Waals surface area contributed by atoms with Gasteiger partial charge in [0.2, 0.25) is 10.0 Å². The van der Waals surface area contributed by atoms with Crippen molar-refractivity contribution in [3.63, 3.8) is 0 Å². The van der Waals surface area contributed by atoms with Crippen LogP contribution < -0.4 is 9.04 Å². The Morgan fingerprint density at radius 2 is 1.41 bits per heavy atom. The molecule has 0 saturated carbocycles. The first-order valence-electron chi connectivity index (χ1n) is 15.1. The predicted octanol–water partition coefficient (Wildman–Crippen LogP) is 6.21. The van der Waals surface area contributed by atoms with Crippen molar-refractivity contribution >= 4 is 32.8 Å². The largest absolute Gasteiger partial charge is 0.508 e. The maximum Gasteiger partial charge on any atom is 0.303 e. The number of fused-ring (bicyclic) bond motifs is 2. The molecule has 0 aromatic heterocycles. The highest BCUT2D eigenvalue weighted by molar-refractivity contribution is 7.93. The van der Waals surface area contributed by atoms with E-state index in [-0.39, 0.29) is 24.5 Å². The van der Waals surface area contributed by atoms with Crippen LogP contribution in [0.2, 0.25) is 0 Å². The Morgan fingerprint density at radius 3 is 2.00 bits per heavy atom. The molecular weight excluding hydrogens is 582 g/mol. The molecule has 3 N–H and O–H groups in total. The molecule has 2 heterocycles. The number of aliphatic carboxylic acids is 1. The lowest BCUT2D eigenvalue weighted by molar-refractivity contribution is -0.137. The van der Waals surface area contributed by atoms with Gasteiger partial charge in [0.05, 0.1) is 18.4 Å². The van der Waals surface area contributed by atoms with Gasteiger partial charge >= 0.3 is 5.97 Å². The standard InChI is InChI=1S/C34H39NO8S/c1-2-35(25-13-19-28(20-14-25)42-21-7-5-3-4-6-8-31(38)39)44(40,41)30-22-29-32(23-9-15-26(36)16-10-23)33(34(30)43-29)24-11-17-27(37)18-12-24/h9-20,29-30,34,36-37H,2-8,21-22H2,1H3,(H,38,39)/t29-,30+,34+/m1/s1. The van der Waals surface area contributed by atoms with Crippen molar-refractivity contribution in [2.45, 2.75) is 69.3 Å². The van der Waals surface area contributed by atoms with Gasteiger partial charge in [-0.25, -0.2) is 8.42 Å². The Labute approximate surface area is 258 Å². The van der Waals surface area contributed by atoms with E-state index in [9.17, 15) is 23.4 Å². The number of ether oxygens (including phenoxy) is 2. The maximum absolute atomic E-state index is 14.2. The molecule has 0 amide bonds. The lowest BCUT2D eigenvalue weighted by Crippen LogP contribution is -2.43. The molecule has 234 valence electrons. The number of unbranched alkanes of at least 4 members (excludes halogenated alkanes) is 4. The highest BCUT2D eigenvalue weighted by Crippen LogP contribution is 2.51. The fourth-order valence-electron chi connectivity index (χ4n) is 6.12. The third-order valence-electron chi connectivity index (χ3n) is 8.25. The smallest absolute Gasteiger partial charge is 0.303 e. The van der Waals surface area contributed by atoms with Crippen molar-refractivity contribution < 1.29 is 38.0 Å². The third kappa shape index (κ3) is 6.87. The Balaban J connectivity index is 1.29. The average Bonchev–Trinajstić information content (AvgIpc) is 3.60. The average molecular weight is 622 g/mol. The minimum Gasteiger partial charge on any atom is -0.508 e. The number of benzene rings is 3. The van der Waals surface area contributed by atoms with Crippen molar-refractivity contribution in [2.24, 2.45) is 0 Å². The molecule has 1 saturated heterocycles. The van der Waals surface area contributed by atoms with E-state index in [1.807, 2.05) is 19.1 Å². The number of carboxylic acids is 1. The number of phenolic OH excluding ortho intramolecular Hbond substituents is 2. The molecule has 44 heavy (non-hydrogen) atoms. The molecule has 3 aromatic carbocycles. The summed E-state index contributed by atoms with van der Waals surface area (Å²) in [6.07, 6.45) is 3.75. The zero-order valence-electron chi connectivity index (χ0n) is 24.8. The van der Waals surface area contributed by atoms with Gasteiger partial charge in [0.25, 0.3) is 0 Å². The number of carbonyl (C=O) groups is 1. The van der Waals surface area contributed by atoms with Crippen molar-refractivity contribution in [1.82, 2.24) is 0 Å². The number of nitrogens with zero attached hydrogens (tertiary/aromatic N) is 1. The van der Waals surface area contributed by atoms with Crippen LogP contribution in [0.25, 0.3) is 11.1 Å². The Morgan fingerprint density at radius 1 is 0.841 bits per heavy atom. The van der Waals surface area contributed by atoms with Crippen LogP contribution in [0.4, 0.5) is 5.69 Å². The molecule has 2 aliphatic rings. The Hall–Kier alpha value is -4.02.